The van der Waals surface area contributed by atoms with Gasteiger partial charge in [-0.2, -0.15) is 0 Å². The lowest BCUT2D eigenvalue weighted by atomic mass is 9.42. The highest BCUT2D eigenvalue weighted by Crippen LogP contribution is 2.70. The van der Waals surface area contributed by atoms with Crippen molar-refractivity contribution >= 4 is 17.9 Å². The SMILES string of the molecule is CC(=O)O[C@H]1CC[C@]2(C)C3C[C@@H](OC(C)=O)[C@]4(C)[C@@H](C5=CC(=O)OC5)CC[C@]4(O)C3CC[C@@H]2C1. The molecule has 1 aliphatic heterocycles. The van der Waals surface area contributed by atoms with E-state index in [9.17, 15) is 19.5 Å². The molecule has 0 aromatic rings. The van der Waals surface area contributed by atoms with Crippen LogP contribution in [0.1, 0.15) is 79.1 Å². The maximum absolute atomic E-state index is 12.5. The number of carbonyl (C=O) groups is 3. The lowest BCUT2D eigenvalue weighted by molar-refractivity contribution is -0.251. The lowest BCUT2D eigenvalue weighted by Crippen LogP contribution is -2.67. The molecule has 0 amide bonds. The largest absolute Gasteiger partial charge is 0.463 e. The Bertz CT molecular complexity index is 926. The number of hydrogen-bond donors (Lipinski definition) is 1. The molecule has 9 atom stereocenters. The van der Waals surface area contributed by atoms with Gasteiger partial charge in [0.1, 0.15) is 18.8 Å². The summed E-state index contributed by atoms with van der Waals surface area (Å²) in [6, 6.07) is 0. The summed E-state index contributed by atoms with van der Waals surface area (Å²) >= 11 is 0. The first-order chi connectivity index (χ1) is 16.0. The molecule has 0 bridgehead atoms. The molecule has 34 heavy (non-hydrogen) atoms. The second-order valence-corrected chi connectivity index (χ2v) is 12.0. The van der Waals surface area contributed by atoms with Crippen molar-refractivity contribution in [3.63, 3.8) is 0 Å². The third-order valence-electron chi connectivity index (χ3n) is 10.6. The van der Waals surface area contributed by atoms with Crippen molar-refractivity contribution in [2.24, 2.45) is 34.5 Å². The first kappa shape index (κ1) is 23.8. The minimum atomic E-state index is -0.978. The number of hydrogen-bond acceptors (Lipinski definition) is 7. The van der Waals surface area contributed by atoms with Gasteiger partial charge in [-0.1, -0.05) is 13.8 Å². The Morgan fingerprint density at radius 1 is 1.00 bits per heavy atom. The highest BCUT2D eigenvalue weighted by atomic mass is 16.6. The summed E-state index contributed by atoms with van der Waals surface area (Å²) in [6.07, 6.45) is 7.77. The Labute approximate surface area is 201 Å². The number of esters is 3. The first-order valence-corrected chi connectivity index (χ1v) is 12.9. The highest BCUT2D eigenvalue weighted by Gasteiger charge is 2.72. The molecular weight excluding hydrogens is 436 g/mol. The summed E-state index contributed by atoms with van der Waals surface area (Å²) < 4.78 is 16.8. The Balaban J connectivity index is 1.50. The van der Waals surface area contributed by atoms with Gasteiger partial charge in [-0.3, -0.25) is 9.59 Å². The van der Waals surface area contributed by atoms with Gasteiger partial charge < -0.3 is 19.3 Å². The summed E-state index contributed by atoms with van der Waals surface area (Å²) in [7, 11) is 0. The Hall–Kier alpha value is -1.89. The van der Waals surface area contributed by atoms with E-state index in [1.165, 1.54) is 13.8 Å². The van der Waals surface area contributed by atoms with E-state index in [0.29, 0.717) is 18.8 Å². The Morgan fingerprint density at radius 3 is 2.38 bits per heavy atom. The van der Waals surface area contributed by atoms with Gasteiger partial charge >= 0.3 is 17.9 Å². The monoisotopic (exact) mass is 474 g/mol. The van der Waals surface area contributed by atoms with Crippen LogP contribution >= 0.6 is 0 Å². The van der Waals surface area contributed by atoms with Crippen LogP contribution in [0.5, 0.6) is 0 Å². The van der Waals surface area contributed by atoms with Crippen molar-refractivity contribution in [3.8, 4) is 0 Å². The molecule has 0 aromatic heterocycles. The standard InChI is InChI=1S/C27H38O7/c1-15(28)33-19-7-9-25(3)18(12-19)5-6-21-22(25)13-23(34-16(2)29)26(4)20(8-10-27(21,26)31)17-11-24(30)32-14-17/h11,18-23,31H,5-10,12-14H2,1-4H3/t18-,19+,20-,21?,22?,23-,25+,26+,27+/m1/s1. The van der Waals surface area contributed by atoms with E-state index in [0.717, 1.165) is 44.1 Å². The second kappa shape index (κ2) is 8.07. The molecule has 4 fully saturated rings. The van der Waals surface area contributed by atoms with Crippen LogP contribution in [0.15, 0.2) is 11.6 Å². The van der Waals surface area contributed by atoms with Crippen LogP contribution in [0, 0.1) is 34.5 Å². The molecular formula is C27H38O7. The number of carbonyl (C=O) groups excluding carboxylic acids is 3. The maximum atomic E-state index is 12.5. The van der Waals surface area contributed by atoms with Gasteiger partial charge in [-0.05, 0) is 86.0 Å². The summed E-state index contributed by atoms with van der Waals surface area (Å²) in [4.78, 5) is 35.7. The number of rotatable bonds is 3. The van der Waals surface area contributed by atoms with Gasteiger partial charge in [0.25, 0.3) is 0 Å². The fourth-order valence-corrected chi connectivity index (χ4v) is 9.04. The van der Waals surface area contributed by atoms with Crippen molar-refractivity contribution in [1.82, 2.24) is 0 Å². The summed E-state index contributed by atoms with van der Waals surface area (Å²) in [5, 5.41) is 12.5. The zero-order valence-corrected chi connectivity index (χ0v) is 20.8. The van der Waals surface area contributed by atoms with Crippen molar-refractivity contribution < 1.29 is 33.7 Å². The van der Waals surface area contributed by atoms with E-state index in [2.05, 4.69) is 13.8 Å². The summed E-state index contributed by atoms with van der Waals surface area (Å²) in [5.74, 6) is -0.190. The molecule has 0 saturated heterocycles. The molecule has 1 N–H and O–H groups in total. The van der Waals surface area contributed by atoms with Crippen LogP contribution in [-0.2, 0) is 28.6 Å². The summed E-state index contributed by atoms with van der Waals surface area (Å²) in [6.45, 7) is 7.59. The van der Waals surface area contributed by atoms with Crippen molar-refractivity contribution in [2.75, 3.05) is 6.61 Å². The molecule has 1 heterocycles. The minimum Gasteiger partial charge on any atom is -0.463 e. The highest BCUT2D eigenvalue weighted by molar-refractivity contribution is 5.85. The molecule has 188 valence electrons. The second-order valence-electron chi connectivity index (χ2n) is 12.0. The first-order valence-electron chi connectivity index (χ1n) is 12.9. The van der Waals surface area contributed by atoms with Crippen LogP contribution in [-0.4, -0.2) is 47.4 Å². The number of fused-ring (bicyclic) bond motifs is 5. The van der Waals surface area contributed by atoms with Crippen molar-refractivity contribution in [3.05, 3.63) is 11.6 Å². The Morgan fingerprint density at radius 2 is 1.74 bits per heavy atom. The van der Waals surface area contributed by atoms with Crippen LogP contribution in [0.2, 0.25) is 0 Å². The summed E-state index contributed by atoms with van der Waals surface area (Å²) in [5.41, 5.74) is -0.731. The van der Waals surface area contributed by atoms with E-state index in [-0.39, 0.29) is 53.8 Å². The van der Waals surface area contributed by atoms with Crippen LogP contribution < -0.4 is 0 Å². The van der Waals surface area contributed by atoms with Crippen LogP contribution in [0.3, 0.4) is 0 Å². The predicted octanol–water partition coefficient (Wildman–Crippen LogP) is 3.72. The minimum absolute atomic E-state index is 0.00118. The number of cyclic esters (lactones) is 1. The van der Waals surface area contributed by atoms with E-state index in [1.807, 2.05) is 0 Å². The quantitative estimate of drug-likeness (QED) is 0.492. The van der Waals surface area contributed by atoms with E-state index in [1.54, 1.807) is 6.08 Å². The van der Waals surface area contributed by atoms with Gasteiger partial charge in [-0.15, -0.1) is 0 Å². The number of ether oxygens (including phenoxy) is 3. The fraction of sp³-hybridized carbons (Fsp3) is 0.815. The van der Waals surface area contributed by atoms with Gasteiger partial charge in [0, 0.05) is 25.3 Å². The zero-order chi connectivity index (χ0) is 24.5. The Kier molecular flexibility index (Phi) is 5.66. The third kappa shape index (κ3) is 3.36. The average molecular weight is 475 g/mol. The normalized spacial score (nSPS) is 47.6. The maximum Gasteiger partial charge on any atom is 0.331 e. The molecule has 2 unspecified atom stereocenters. The lowest BCUT2D eigenvalue weighted by Gasteiger charge is -2.65. The average Bonchev–Trinajstić information content (AvgIpc) is 3.29. The molecule has 5 aliphatic rings. The zero-order valence-electron chi connectivity index (χ0n) is 20.8. The number of aliphatic hydroxyl groups is 1. The van der Waals surface area contributed by atoms with Gasteiger partial charge in [-0.25, -0.2) is 4.79 Å². The van der Waals surface area contributed by atoms with E-state index >= 15 is 0 Å². The topological polar surface area (TPSA) is 99.1 Å². The molecule has 0 radical (unpaired) electrons. The fourth-order valence-electron chi connectivity index (χ4n) is 9.04. The smallest absolute Gasteiger partial charge is 0.331 e. The van der Waals surface area contributed by atoms with E-state index in [4.69, 9.17) is 14.2 Å². The third-order valence-corrected chi connectivity index (χ3v) is 10.6. The van der Waals surface area contributed by atoms with Crippen LogP contribution in [0.25, 0.3) is 0 Å². The molecule has 0 spiro atoms. The molecule has 0 aromatic carbocycles. The molecule has 7 heteroatoms. The van der Waals surface area contributed by atoms with Gasteiger partial charge in [0.05, 0.1) is 5.60 Å². The predicted molar refractivity (Wildman–Crippen MR) is 122 cm³/mol. The van der Waals surface area contributed by atoms with Crippen molar-refractivity contribution in [1.29, 1.82) is 0 Å². The van der Waals surface area contributed by atoms with Gasteiger partial charge in [0.2, 0.25) is 0 Å². The molecule has 5 rings (SSSR count). The van der Waals surface area contributed by atoms with E-state index < -0.39 is 17.1 Å². The molecule has 4 aliphatic carbocycles. The van der Waals surface area contributed by atoms with Gasteiger partial charge in [0.15, 0.2) is 0 Å². The molecule has 7 nitrogen and oxygen atoms in total. The van der Waals surface area contributed by atoms with Crippen LogP contribution in [0.4, 0.5) is 0 Å². The molecule has 4 saturated carbocycles. The van der Waals surface area contributed by atoms with Crippen molar-refractivity contribution in [2.45, 2.75) is 96.9 Å².